The largest absolute Gasteiger partial charge is 0.468 e. The number of benzene rings is 2. The van der Waals surface area contributed by atoms with Gasteiger partial charge in [-0.1, -0.05) is 60.1 Å². The molecule has 0 aliphatic rings. The van der Waals surface area contributed by atoms with Crippen LogP contribution in [0.4, 0.5) is 0 Å². The summed E-state index contributed by atoms with van der Waals surface area (Å²) in [4.78, 5) is 18.2. The van der Waals surface area contributed by atoms with Crippen molar-refractivity contribution in [1.82, 2.24) is 9.88 Å². The average Bonchev–Trinajstić information content (AvgIpc) is 2.63. The molecule has 5 heteroatoms. The molecule has 2 aromatic carbocycles. The number of esters is 1. The molecule has 0 aliphatic heterocycles. The van der Waals surface area contributed by atoms with E-state index in [-0.39, 0.29) is 12.5 Å². The maximum atomic E-state index is 11.8. The molecule has 0 atom stereocenters. The number of aromatic nitrogens is 1. The maximum absolute atomic E-state index is 11.8. The number of pyridine rings is 1. The lowest BCUT2D eigenvalue weighted by Gasteiger charge is -2.22. The van der Waals surface area contributed by atoms with Gasteiger partial charge in [0.05, 0.1) is 19.2 Å². The van der Waals surface area contributed by atoms with Gasteiger partial charge in [-0.25, -0.2) is 4.98 Å². The molecule has 0 amide bonds. The average molecular weight is 355 g/mol. The molecule has 0 radical (unpaired) electrons. The molecule has 128 valence electrons. The molecule has 4 nitrogen and oxygen atoms in total. The van der Waals surface area contributed by atoms with Crippen LogP contribution in [0.3, 0.4) is 0 Å². The third-order valence-corrected chi connectivity index (χ3v) is 4.30. The molecule has 1 heterocycles. The number of methoxy groups -OCH3 is 1. The van der Waals surface area contributed by atoms with Crippen molar-refractivity contribution < 1.29 is 9.53 Å². The third kappa shape index (κ3) is 4.56. The normalized spacial score (nSPS) is 11.0. The molecule has 0 fully saturated rings. The summed E-state index contributed by atoms with van der Waals surface area (Å²) in [5.74, 6) is -0.277. The summed E-state index contributed by atoms with van der Waals surface area (Å²) in [6.07, 6.45) is 0. The van der Waals surface area contributed by atoms with Crippen molar-refractivity contribution in [3.63, 3.8) is 0 Å². The van der Waals surface area contributed by atoms with E-state index in [1.807, 2.05) is 65.6 Å². The van der Waals surface area contributed by atoms with Crippen LogP contribution < -0.4 is 0 Å². The maximum Gasteiger partial charge on any atom is 0.319 e. The van der Waals surface area contributed by atoms with Gasteiger partial charge in [0, 0.05) is 24.0 Å². The van der Waals surface area contributed by atoms with Gasteiger partial charge >= 0.3 is 5.97 Å². The van der Waals surface area contributed by atoms with Gasteiger partial charge in [0.15, 0.2) is 0 Å². The highest BCUT2D eigenvalue weighted by atomic mass is 35.5. The van der Waals surface area contributed by atoms with E-state index in [2.05, 4.69) is 4.98 Å². The van der Waals surface area contributed by atoms with Crippen LogP contribution >= 0.6 is 11.6 Å². The van der Waals surface area contributed by atoms with Gasteiger partial charge in [-0.2, -0.15) is 0 Å². The van der Waals surface area contributed by atoms with Crippen LogP contribution in [0.5, 0.6) is 0 Å². The van der Waals surface area contributed by atoms with Crippen LogP contribution in [0.1, 0.15) is 11.1 Å². The smallest absolute Gasteiger partial charge is 0.319 e. The lowest BCUT2D eigenvalue weighted by molar-refractivity contribution is -0.142. The predicted molar refractivity (Wildman–Crippen MR) is 99.3 cm³/mol. The second-order valence-electron chi connectivity index (χ2n) is 5.84. The van der Waals surface area contributed by atoms with Gasteiger partial charge < -0.3 is 4.74 Å². The van der Waals surface area contributed by atoms with E-state index in [0.29, 0.717) is 18.2 Å². The topological polar surface area (TPSA) is 42.4 Å². The van der Waals surface area contributed by atoms with Gasteiger partial charge in [0.25, 0.3) is 0 Å². The van der Waals surface area contributed by atoms with Crippen molar-refractivity contribution in [3.05, 3.63) is 76.9 Å². The minimum Gasteiger partial charge on any atom is -0.468 e. The van der Waals surface area contributed by atoms with Crippen molar-refractivity contribution >= 4 is 28.5 Å². The number of carbonyl (C=O) groups excluding carboxylic acids is 1. The van der Waals surface area contributed by atoms with E-state index in [4.69, 9.17) is 16.3 Å². The number of carbonyl (C=O) groups is 1. The minimum atomic E-state index is -0.277. The van der Waals surface area contributed by atoms with Crippen molar-refractivity contribution in [2.45, 2.75) is 13.1 Å². The Morgan fingerprint density at radius 1 is 1.08 bits per heavy atom. The summed E-state index contributed by atoms with van der Waals surface area (Å²) in [6, 6.07) is 19.9. The Balaban J connectivity index is 1.86. The first-order chi connectivity index (χ1) is 12.2. The number of ether oxygens (including phenoxy) is 1. The zero-order valence-corrected chi connectivity index (χ0v) is 14.7. The molecule has 0 unspecified atom stereocenters. The van der Waals surface area contributed by atoms with Gasteiger partial charge in [0.2, 0.25) is 0 Å². The van der Waals surface area contributed by atoms with Gasteiger partial charge in [0.1, 0.15) is 5.15 Å². The zero-order valence-electron chi connectivity index (χ0n) is 14.0. The van der Waals surface area contributed by atoms with Crippen LogP contribution in [0.25, 0.3) is 10.9 Å². The number of halogens is 1. The van der Waals surface area contributed by atoms with Gasteiger partial charge in [-0.3, -0.25) is 9.69 Å². The number of hydrogen-bond donors (Lipinski definition) is 0. The monoisotopic (exact) mass is 354 g/mol. The van der Waals surface area contributed by atoms with E-state index >= 15 is 0 Å². The van der Waals surface area contributed by atoms with Crippen molar-refractivity contribution in [2.24, 2.45) is 0 Å². The Labute approximate surface area is 152 Å². The molecule has 0 bridgehead atoms. The lowest BCUT2D eigenvalue weighted by Crippen LogP contribution is -2.30. The Morgan fingerprint density at radius 2 is 1.80 bits per heavy atom. The first-order valence-electron chi connectivity index (χ1n) is 8.03. The van der Waals surface area contributed by atoms with Crippen LogP contribution in [0.2, 0.25) is 5.15 Å². The molecule has 0 spiro atoms. The number of nitrogens with zero attached hydrogens (tertiary/aromatic N) is 2. The molecule has 0 N–H and O–H groups in total. The van der Waals surface area contributed by atoms with E-state index in [1.165, 1.54) is 7.11 Å². The molecule has 1 aromatic heterocycles. The van der Waals surface area contributed by atoms with E-state index in [0.717, 1.165) is 22.0 Å². The number of para-hydroxylation sites is 1. The molecular formula is C20H19ClN2O2. The van der Waals surface area contributed by atoms with Crippen molar-refractivity contribution in [1.29, 1.82) is 0 Å². The molecule has 3 aromatic rings. The second kappa shape index (κ2) is 8.10. The predicted octanol–water partition coefficient (Wildman–Crippen LogP) is 4.06. The highest BCUT2D eigenvalue weighted by Gasteiger charge is 2.15. The summed E-state index contributed by atoms with van der Waals surface area (Å²) in [5.41, 5.74) is 2.87. The molecule has 0 saturated carbocycles. The molecule has 0 saturated heterocycles. The molecular weight excluding hydrogens is 336 g/mol. The molecule has 25 heavy (non-hydrogen) atoms. The summed E-state index contributed by atoms with van der Waals surface area (Å²) >= 11 is 6.37. The highest BCUT2D eigenvalue weighted by molar-refractivity contribution is 6.30. The van der Waals surface area contributed by atoms with Crippen LogP contribution in [-0.2, 0) is 22.6 Å². The fourth-order valence-corrected chi connectivity index (χ4v) is 2.95. The van der Waals surface area contributed by atoms with Crippen LogP contribution in [0, 0.1) is 0 Å². The van der Waals surface area contributed by atoms with Crippen LogP contribution in [0.15, 0.2) is 60.7 Å². The summed E-state index contributed by atoms with van der Waals surface area (Å²) in [5, 5.41) is 1.49. The zero-order chi connectivity index (χ0) is 17.6. The first kappa shape index (κ1) is 17.4. The quantitative estimate of drug-likeness (QED) is 0.494. The first-order valence-corrected chi connectivity index (χ1v) is 8.41. The number of hydrogen-bond acceptors (Lipinski definition) is 4. The summed E-state index contributed by atoms with van der Waals surface area (Å²) < 4.78 is 4.83. The lowest BCUT2D eigenvalue weighted by atomic mass is 10.1. The highest BCUT2D eigenvalue weighted by Crippen LogP contribution is 2.22. The molecule has 3 rings (SSSR count). The Kier molecular flexibility index (Phi) is 5.64. The van der Waals surface area contributed by atoms with Gasteiger partial charge in [-0.15, -0.1) is 0 Å². The SMILES string of the molecule is COC(=O)CN(Cc1ccccc1)Cc1cc2ccccc2nc1Cl. The Hall–Kier alpha value is -2.43. The fraction of sp³-hybridized carbons (Fsp3) is 0.200. The number of rotatable bonds is 6. The summed E-state index contributed by atoms with van der Waals surface area (Å²) in [7, 11) is 1.40. The van der Waals surface area contributed by atoms with Crippen molar-refractivity contribution in [2.75, 3.05) is 13.7 Å². The van der Waals surface area contributed by atoms with Crippen LogP contribution in [-0.4, -0.2) is 29.5 Å². The van der Waals surface area contributed by atoms with Gasteiger partial charge in [-0.05, 0) is 17.7 Å². The molecule has 0 aliphatic carbocycles. The summed E-state index contributed by atoms with van der Waals surface area (Å²) in [6.45, 7) is 1.33. The van der Waals surface area contributed by atoms with E-state index < -0.39 is 0 Å². The standard InChI is InChI=1S/C20H19ClN2O2/c1-25-19(24)14-23(12-15-7-3-2-4-8-15)13-17-11-16-9-5-6-10-18(16)22-20(17)21/h2-11H,12-14H2,1H3. The minimum absolute atomic E-state index is 0.189. The third-order valence-electron chi connectivity index (χ3n) is 3.97. The van der Waals surface area contributed by atoms with E-state index in [9.17, 15) is 4.79 Å². The fourth-order valence-electron chi connectivity index (χ4n) is 2.74. The second-order valence-corrected chi connectivity index (χ2v) is 6.20. The number of fused-ring (bicyclic) bond motifs is 1. The Morgan fingerprint density at radius 3 is 2.56 bits per heavy atom. The van der Waals surface area contributed by atoms with E-state index in [1.54, 1.807) is 0 Å². The Bertz CT molecular complexity index is 868. The van der Waals surface area contributed by atoms with Crippen molar-refractivity contribution in [3.8, 4) is 0 Å².